The second kappa shape index (κ2) is 7.91. The van der Waals surface area contributed by atoms with E-state index in [4.69, 9.17) is 0 Å². The van der Waals surface area contributed by atoms with Crippen molar-refractivity contribution < 1.29 is 4.79 Å². The van der Waals surface area contributed by atoms with Gasteiger partial charge in [0.15, 0.2) is 5.16 Å². The van der Waals surface area contributed by atoms with Crippen molar-refractivity contribution in [3.8, 4) is 0 Å². The predicted octanol–water partition coefficient (Wildman–Crippen LogP) is 3.51. The first kappa shape index (κ1) is 18.5. The van der Waals surface area contributed by atoms with Gasteiger partial charge in [-0.2, -0.15) is 0 Å². The molecule has 0 aliphatic heterocycles. The normalized spacial score (nSPS) is 18.1. The molecule has 7 heteroatoms. The van der Waals surface area contributed by atoms with Gasteiger partial charge in [-0.15, -0.1) is 11.3 Å². The lowest BCUT2D eigenvalue weighted by Crippen LogP contribution is -2.33. The summed E-state index contributed by atoms with van der Waals surface area (Å²) in [6, 6.07) is 0.179. The zero-order valence-corrected chi connectivity index (χ0v) is 16.6. The Bertz CT molecular complexity index is 828. The lowest BCUT2D eigenvalue weighted by Gasteiger charge is -2.17. The van der Waals surface area contributed by atoms with Crippen LogP contribution in [0, 0.1) is 5.92 Å². The summed E-state index contributed by atoms with van der Waals surface area (Å²) >= 11 is 2.93. The molecule has 25 heavy (non-hydrogen) atoms. The van der Waals surface area contributed by atoms with Gasteiger partial charge >= 0.3 is 0 Å². The third kappa shape index (κ3) is 4.26. The first-order chi connectivity index (χ1) is 12.0. The topological polar surface area (TPSA) is 74.8 Å². The molecule has 2 heterocycles. The molecule has 2 aromatic heterocycles. The molecule has 2 aromatic rings. The van der Waals surface area contributed by atoms with Crippen molar-refractivity contribution in [1.29, 1.82) is 0 Å². The number of rotatable bonds is 6. The Morgan fingerprint density at radius 3 is 3.08 bits per heavy atom. The number of thiophene rings is 1. The highest BCUT2D eigenvalue weighted by Gasteiger charge is 2.23. The Balaban J connectivity index is 1.73. The molecule has 0 radical (unpaired) electrons. The van der Waals surface area contributed by atoms with Crippen molar-refractivity contribution in [3.63, 3.8) is 0 Å². The number of aromatic amines is 1. The van der Waals surface area contributed by atoms with Crippen molar-refractivity contribution in [2.24, 2.45) is 5.92 Å². The molecule has 0 spiro atoms. The molecule has 0 aromatic carbocycles. The number of fused-ring (bicyclic) bond motifs is 3. The van der Waals surface area contributed by atoms with Gasteiger partial charge in [0.1, 0.15) is 4.83 Å². The first-order valence-electron chi connectivity index (χ1n) is 8.94. The van der Waals surface area contributed by atoms with E-state index in [9.17, 15) is 9.59 Å². The van der Waals surface area contributed by atoms with E-state index in [-0.39, 0.29) is 23.3 Å². The maximum Gasteiger partial charge on any atom is 0.260 e. The van der Waals surface area contributed by atoms with E-state index in [1.165, 1.54) is 22.2 Å². The monoisotopic (exact) mass is 379 g/mol. The van der Waals surface area contributed by atoms with Crippen LogP contribution in [-0.2, 0) is 17.6 Å². The molecule has 5 nitrogen and oxygen atoms in total. The van der Waals surface area contributed by atoms with Gasteiger partial charge in [-0.05, 0) is 44.1 Å². The van der Waals surface area contributed by atoms with Crippen LogP contribution in [-0.4, -0.2) is 27.7 Å². The zero-order valence-electron chi connectivity index (χ0n) is 15.0. The van der Waals surface area contributed by atoms with Gasteiger partial charge in [-0.1, -0.05) is 32.0 Å². The Morgan fingerprint density at radius 1 is 1.52 bits per heavy atom. The van der Waals surface area contributed by atoms with E-state index >= 15 is 0 Å². The van der Waals surface area contributed by atoms with E-state index < -0.39 is 0 Å². The van der Waals surface area contributed by atoms with Gasteiger partial charge in [0.05, 0.1) is 11.1 Å². The molecule has 1 amide bonds. The van der Waals surface area contributed by atoms with Crippen molar-refractivity contribution in [1.82, 2.24) is 15.3 Å². The molecular formula is C18H25N3O2S2. The highest BCUT2D eigenvalue weighted by atomic mass is 32.2. The molecule has 2 atom stereocenters. The van der Waals surface area contributed by atoms with E-state index in [0.29, 0.717) is 11.1 Å². The number of carbonyl (C=O) groups is 1. The number of H-pyrrole nitrogens is 1. The average molecular weight is 380 g/mol. The minimum absolute atomic E-state index is 0.0204. The maximum absolute atomic E-state index is 12.5. The molecule has 1 aliphatic carbocycles. The molecule has 0 bridgehead atoms. The summed E-state index contributed by atoms with van der Waals surface area (Å²) in [4.78, 5) is 34.1. The van der Waals surface area contributed by atoms with Crippen LogP contribution in [0.3, 0.4) is 0 Å². The standard InChI is InChI=1S/C18H25N3O2S2/c1-4-5-11(3)19-14(22)9-24-18-20-16(23)15-12-7-6-10(2)8-13(12)25-17(15)21-18/h10-11H,4-9H2,1-3H3,(H,19,22)(H,20,21,23)/t10-,11-/m0/s1. The molecule has 0 saturated heterocycles. The van der Waals surface area contributed by atoms with Crippen molar-refractivity contribution in [2.75, 3.05) is 5.75 Å². The van der Waals surface area contributed by atoms with E-state index in [1.54, 1.807) is 11.3 Å². The second-order valence-electron chi connectivity index (χ2n) is 6.95. The van der Waals surface area contributed by atoms with E-state index in [2.05, 4.69) is 29.1 Å². The quantitative estimate of drug-likeness (QED) is 0.595. The number of hydrogen-bond donors (Lipinski definition) is 2. The van der Waals surface area contributed by atoms with Crippen molar-refractivity contribution in [2.45, 2.75) is 64.1 Å². The Hall–Kier alpha value is -1.34. The molecule has 0 fully saturated rings. The summed E-state index contributed by atoms with van der Waals surface area (Å²) in [6.07, 6.45) is 5.14. The van der Waals surface area contributed by atoms with E-state index in [1.807, 2.05) is 6.92 Å². The van der Waals surface area contributed by atoms with Gasteiger partial charge in [0.2, 0.25) is 5.91 Å². The molecule has 0 saturated carbocycles. The third-order valence-corrected chi connectivity index (χ3v) is 6.63. The number of nitrogens with zero attached hydrogens (tertiary/aromatic N) is 1. The van der Waals surface area contributed by atoms with Gasteiger partial charge < -0.3 is 10.3 Å². The highest BCUT2D eigenvalue weighted by molar-refractivity contribution is 7.99. The van der Waals surface area contributed by atoms with Crippen LogP contribution in [0.5, 0.6) is 0 Å². The second-order valence-corrected chi connectivity index (χ2v) is 9.00. The summed E-state index contributed by atoms with van der Waals surface area (Å²) in [6.45, 7) is 6.36. The van der Waals surface area contributed by atoms with Gasteiger partial charge in [-0.3, -0.25) is 9.59 Å². The molecule has 0 unspecified atom stereocenters. The lowest BCUT2D eigenvalue weighted by atomic mass is 9.89. The van der Waals surface area contributed by atoms with Crippen LogP contribution in [0.2, 0.25) is 0 Å². The molecular weight excluding hydrogens is 354 g/mol. The van der Waals surface area contributed by atoms with Crippen LogP contribution < -0.4 is 10.9 Å². The van der Waals surface area contributed by atoms with Gasteiger partial charge in [0.25, 0.3) is 5.56 Å². The summed E-state index contributed by atoms with van der Waals surface area (Å²) < 4.78 is 0. The molecule has 3 rings (SSSR count). The van der Waals surface area contributed by atoms with E-state index in [0.717, 1.165) is 42.3 Å². The lowest BCUT2D eigenvalue weighted by molar-refractivity contribution is -0.119. The maximum atomic E-state index is 12.5. The number of thioether (sulfide) groups is 1. The molecule has 2 N–H and O–H groups in total. The smallest absolute Gasteiger partial charge is 0.260 e. The number of aromatic nitrogens is 2. The number of carbonyl (C=O) groups excluding carboxylic acids is 1. The van der Waals surface area contributed by atoms with Crippen LogP contribution in [0.15, 0.2) is 9.95 Å². The first-order valence-corrected chi connectivity index (χ1v) is 10.7. The average Bonchev–Trinajstić information content (AvgIpc) is 2.90. The molecule has 136 valence electrons. The van der Waals surface area contributed by atoms with Crippen molar-refractivity contribution >= 4 is 39.2 Å². The highest BCUT2D eigenvalue weighted by Crippen LogP contribution is 2.36. The fraction of sp³-hybridized carbons (Fsp3) is 0.611. The van der Waals surface area contributed by atoms with Crippen LogP contribution >= 0.6 is 23.1 Å². The van der Waals surface area contributed by atoms with Crippen LogP contribution in [0.1, 0.15) is 50.5 Å². The van der Waals surface area contributed by atoms with Crippen LogP contribution in [0.4, 0.5) is 0 Å². The van der Waals surface area contributed by atoms with Crippen LogP contribution in [0.25, 0.3) is 10.2 Å². The SMILES string of the molecule is CCC[C@H](C)NC(=O)CSc1nc2sc3c(c2c(=O)[nH]1)CC[C@H](C)C3. The summed E-state index contributed by atoms with van der Waals surface area (Å²) in [5, 5.41) is 4.26. The zero-order chi connectivity index (χ0) is 18.0. The third-order valence-electron chi connectivity index (χ3n) is 4.61. The largest absolute Gasteiger partial charge is 0.353 e. The molecule has 1 aliphatic rings. The Kier molecular flexibility index (Phi) is 5.84. The fourth-order valence-electron chi connectivity index (χ4n) is 3.35. The Labute approximate surface area is 156 Å². The summed E-state index contributed by atoms with van der Waals surface area (Å²) in [7, 11) is 0. The number of hydrogen-bond acceptors (Lipinski definition) is 5. The van der Waals surface area contributed by atoms with Crippen molar-refractivity contribution in [3.05, 3.63) is 20.8 Å². The number of amides is 1. The summed E-state index contributed by atoms with van der Waals surface area (Å²) in [5.41, 5.74) is 1.12. The number of aryl methyl sites for hydroxylation is 1. The minimum Gasteiger partial charge on any atom is -0.353 e. The Morgan fingerprint density at radius 2 is 2.32 bits per heavy atom. The van der Waals surface area contributed by atoms with Gasteiger partial charge in [0, 0.05) is 10.9 Å². The van der Waals surface area contributed by atoms with Gasteiger partial charge in [-0.25, -0.2) is 4.98 Å². The predicted molar refractivity (Wildman–Crippen MR) is 105 cm³/mol. The summed E-state index contributed by atoms with van der Waals surface area (Å²) in [5.74, 6) is 0.917. The fourth-order valence-corrected chi connectivity index (χ4v) is 5.47. The number of nitrogens with one attached hydrogen (secondary N) is 2. The minimum atomic E-state index is -0.0701.